The Morgan fingerprint density at radius 2 is 2.17 bits per heavy atom. The summed E-state index contributed by atoms with van der Waals surface area (Å²) in [5, 5.41) is 6.60. The first kappa shape index (κ1) is 22.1. The van der Waals surface area contributed by atoms with Crippen molar-refractivity contribution in [1.29, 1.82) is 0 Å². The van der Waals surface area contributed by atoms with Gasteiger partial charge in [0.2, 0.25) is 0 Å². The molecule has 162 valence electrons. The lowest BCUT2D eigenvalue weighted by Gasteiger charge is -2.21. The molecule has 1 saturated heterocycles. The largest absolute Gasteiger partial charge is 0.417 e. The van der Waals surface area contributed by atoms with Gasteiger partial charge >= 0.3 is 6.18 Å². The molecule has 6 nitrogen and oxygen atoms in total. The van der Waals surface area contributed by atoms with Crippen molar-refractivity contribution in [3.63, 3.8) is 0 Å². The molecule has 0 aromatic carbocycles. The predicted molar refractivity (Wildman–Crippen MR) is 112 cm³/mol. The summed E-state index contributed by atoms with van der Waals surface area (Å²) in [6.45, 7) is 4.52. The van der Waals surface area contributed by atoms with Crippen LogP contribution >= 0.6 is 11.6 Å². The van der Waals surface area contributed by atoms with Crippen LogP contribution in [0.1, 0.15) is 24.6 Å². The highest BCUT2D eigenvalue weighted by molar-refractivity contribution is 6.33. The first-order valence-electron chi connectivity index (χ1n) is 9.79. The Labute approximate surface area is 178 Å². The van der Waals surface area contributed by atoms with Crippen molar-refractivity contribution in [3.8, 4) is 0 Å². The number of aliphatic imine (C=N–C) groups is 1. The van der Waals surface area contributed by atoms with Crippen LogP contribution in [-0.2, 0) is 12.6 Å². The third-order valence-electron chi connectivity index (χ3n) is 4.69. The zero-order chi connectivity index (χ0) is 21.6. The van der Waals surface area contributed by atoms with Crippen molar-refractivity contribution in [2.45, 2.75) is 32.0 Å². The molecule has 0 bridgehead atoms. The summed E-state index contributed by atoms with van der Waals surface area (Å²) in [5.74, 6) is 1.07. The fourth-order valence-electron chi connectivity index (χ4n) is 3.23. The summed E-state index contributed by atoms with van der Waals surface area (Å²) in [6, 6.07) is 6.79. The highest BCUT2D eigenvalue weighted by Crippen LogP contribution is 2.34. The molecule has 0 spiro atoms. The van der Waals surface area contributed by atoms with E-state index in [9.17, 15) is 13.2 Å². The van der Waals surface area contributed by atoms with Crippen LogP contribution in [0, 0.1) is 0 Å². The molecule has 3 rings (SSSR count). The van der Waals surface area contributed by atoms with Gasteiger partial charge in [-0.05, 0) is 31.5 Å². The topological polar surface area (TPSA) is 65.4 Å². The van der Waals surface area contributed by atoms with E-state index in [0.717, 1.165) is 37.3 Å². The van der Waals surface area contributed by atoms with Crippen LogP contribution < -0.4 is 15.5 Å². The smallest absolute Gasteiger partial charge is 0.357 e. The molecule has 2 N–H and O–H groups in total. The van der Waals surface area contributed by atoms with Crippen molar-refractivity contribution in [1.82, 2.24) is 20.6 Å². The zero-order valence-corrected chi connectivity index (χ0v) is 17.3. The van der Waals surface area contributed by atoms with E-state index >= 15 is 0 Å². The highest BCUT2D eigenvalue weighted by atomic mass is 35.5. The minimum atomic E-state index is -4.46. The normalized spacial score (nSPS) is 17.3. The van der Waals surface area contributed by atoms with Gasteiger partial charge in [0.05, 0.1) is 10.6 Å². The van der Waals surface area contributed by atoms with Crippen molar-refractivity contribution in [2.24, 2.45) is 4.99 Å². The lowest BCUT2D eigenvalue weighted by molar-refractivity contribution is -0.137. The molecule has 0 saturated carbocycles. The fourth-order valence-corrected chi connectivity index (χ4v) is 3.52. The maximum Gasteiger partial charge on any atom is 0.417 e. The average Bonchev–Trinajstić information content (AvgIpc) is 3.16. The number of nitrogens with one attached hydrogen (secondary N) is 2. The number of anilines is 1. The Kier molecular flexibility index (Phi) is 7.36. The van der Waals surface area contributed by atoms with Crippen LogP contribution in [-0.4, -0.2) is 48.1 Å². The second kappa shape index (κ2) is 9.97. The summed E-state index contributed by atoms with van der Waals surface area (Å²) in [5.41, 5.74) is 0.131. The van der Waals surface area contributed by atoms with Crippen molar-refractivity contribution in [3.05, 3.63) is 52.9 Å². The van der Waals surface area contributed by atoms with E-state index in [1.54, 1.807) is 6.20 Å². The molecule has 1 fully saturated rings. The van der Waals surface area contributed by atoms with E-state index in [1.165, 1.54) is 0 Å². The molecule has 30 heavy (non-hydrogen) atoms. The van der Waals surface area contributed by atoms with Crippen LogP contribution in [0.3, 0.4) is 0 Å². The van der Waals surface area contributed by atoms with Gasteiger partial charge in [0.25, 0.3) is 0 Å². The van der Waals surface area contributed by atoms with Crippen LogP contribution in [0.25, 0.3) is 0 Å². The number of rotatable bonds is 6. The second-order valence-corrected chi connectivity index (χ2v) is 7.34. The van der Waals surface area contributed by atoms with Crippen LogP contribution in [0.5, 0.6) is 0 Å². The number of pyridine rings is 2. The van der Waals surface area contributed by atoms with Crippen LogP contribution in [0.2, 0.25) is 5.02 Å². The highest BCUT2D eigenvalue weighted by Gasteiger charge is 2.33. The maximum atomic E-state index is 12.8. The van der Waals surface area contributed by atoms with Gasteiger partial charge in [-0.3, -0.25) is 9.98 Å². The van der Waals surface area contributed by atoms with Gasteiger partial charge in [-0.1, -0.05) is 17.7 Å². The minimum Gasteiger partial charge on any atom is -0.357 e. The molecule has 2 aromatic rings. The number of nitrogens with zero attached hydrogens (tertiary/aromatic N) is 4. The summed E-state index contributed by atoms with van der Waals surface area (Å²) >= 11 is 6.08. The van der Waals surface area contributed by atoms with Gasteiger partial charge in [0.1, 0.15) is 5.82 Å². The quantitative estimate of drug-likeness (QED) is 0.531. The van der Waals surface area contributed by atoms with Crippen molar-refractivity contribution in [2.75, 3.05) is 31.1 Å². The van der Waals surface area contributed by atoms with Crippen molar-refractivity contribution >= 4 is 23.4 Å². The Morgan fingerprint density at radius 1 is 1.33 bits per heavy atom. The zero-order valence-electron chi connectivity index (χ0n) is 16.6. The molecular weight excluding hydrogens is 417 g/mol. The SMILES string of the molecule is CCNC(=NCCc1ccccn1)NC1CCN(c2ncc(C(F)(F)F)cc2Cl)C1. The Balaban J connectivity index is 1.58. The third-order valence-corrected chi connectivity index (χ3v) is 4.96. The Morgan fingerprint density at radius 3 is 2.83 bits per heavy atom. The molecule has 10 heteroatoms. The number of hydrogen-bond acceptors (Lipinski definition) is 4. The standard InChI is InChI=1S/C20H24ClF3N6/c1-2-25-19(27-9-6-15-5-3-4-8-26-15)29-16-7-10-30(13-16)18-17(21)11-14(12-28-18)20(22,23)24/h3-5,8,11-12,16H,2,6-7,9-10,13H2,1H3,(H2,25,27,29). The lowest BCUT2D eigenvalue weighted by Crippen LogP contribution is -2.44. The lowest BCUT2D eigenvalue weighted by atomic mass is 10.2. The molecule has 1 aliphatic rings. The van der Waals surface area contributed by atoms with E-state index in [2.05, 4.69) is 25.6 Å². The molecule has 1 atom stereocenters. The molecule has 0 radical (unpaired) electrons. The van der Waals surface area contributed by atoms with Gasteiger partial charge in [-0.2, -0.15) is 13.2 Å². The Bertz CT molecular complexity index is 859. The van der Waals surface area contributed by atoms with E-state index in [-0.39, 0.29) is 11.1 Å². The van der Waals surface area contributed by atoms with E-state index in [1.807, 2.05) is 30.0 Å². The molecule has 1 unspecified atom stereocenters. The summed E-state index contributed by atoms with van der Waals surface area (Å²) < 4.78 is 38.5. The molecular formula is C20H24ClF3N6. The van der Waals surface area contributed by atoms with Gasteiger partial charge < -0.3 is 15.5 Å². The van der Waals surface area contributed by atoms with E-state index in [4.69, 9.17) is 11.6 Å². The van der Waals surface area contributed by atoms with Gasteiger partial charge in [-0.25, -0.2) is 4.98 Å². The molecule has 0 aliphatic carbocycles. The van der Waals surface area contributed by atoms with E-state index < -0.39 is 11.7 Å². The molecule has 1 aliphatic heterocycles. The number of aromatic nitrogens is 2. The average molecular weight is 441 g/mol. The number of halogens is 4. The second-order valence-electron chi connectivity index (χ2n) is 6.93. The monoisotopic (exact) mass is 440 g/mol. The minimum absolute atomic E-state index is 0.00131. The number of alkyl halides is 3. The van der Waals surface area contributed by atoms with Crippen molar-refractivity contribution < 1.29 is 13.2 Å². The first-order chi connectivity index (χ1) is 14.4. The van der Waals surface area contributed by atoms with Gasteiger partial charge in [-0.15, -0.1) is 0 Å². The molecule has 0 amide bonds. The predicted octanol–water partition coefficient (Wildman–Crippen LogP) is 3.53. The molecule has 3 heterocycles. The van der Waals surface area contributed by atoms with Gasteiger partial charge in [0, 0.05) is 56.7 Å². The number of hydrogen-bond donors (Lipinski definition) is 2. The van der Waals surface area contributed by atoms with Crippen LogP contribution in [0.4, 0.5) is 19.0 Å². The van der Waals surface area contributed by atoms with Crippen LogP contribution in [0.15, 0.2) is 41.7 Å². The van der Waals surface area contributed by atoms with Gasteiger partial charge in [0.15, 0.2) is 5.96 Å². The summed E-state index contributed by atoms with van der Waals surface area (Å²) in [4.78, 5) is 14.7. The number of guanidine groups is 1. The Hall–Kier alpha value is -2.55. The summed E-state index contributed by atoms with van der Waals surface area (Å²) in [6.07, 6.45) is -0.346. The first-order valence-corrected chi connectivity index (χ1v) is 10.2. The molecule has 2 aromatic heterocycles. The summed E-state index contributed by atoms with van der Waals surface area (Å²) in [7, 11) is 0. The fraction of sp³-hybridized carbons (Fsp3) is 0.450. The maximum absolute atomic E-state index is 12.8. The third kappa shape index (κ3) is 5.98. The van der Waals surface area contributed by atoms with E-state index in [0.29, 0.717) is 31.4 Å².